The van der Waals surface area contributed by atoms with Gasteiger partial charge in [0.1, 0.15) is 0 Å². The average molecular weight is 523 g/mol. The van der Waals surface area contributed by atoms with E-state index in [1.165, 1.54) is 5.56 Å². The van der Waals surface area contributed by atoms with Crippen molar-refractivity contribution in [2.24, 2.45) is 4.99 Å². The van der Waals surface area contributed by atoms with E-state index >= 15 is 0 Å². The van der Waals surface area contributed by atoms with Crippen molar-refractivity contribution >= 4 is 35.9 Å². The van der Waals surface area contributed by atoms with Gasteiger partial charge in [0.05, 0.1) is 0 Å². The number of piperazine rings is 1. The van der Waals surface area contributed by atoms with Gasteiger partial charge in [0.2, 0.25) is 5.95 Å². The van der Waals surface area contributed by atoms with Gasteiger partial charge in [-0.05, 0) is 11.6 Å². The fraction of sp³-hybridized carbons (Fsp3) is 0.500. The van der Waals surface area contributed by atoms with Gasteiger partial charge >= 0.3 is 0 Å². The van der Waals surface area contributed by atoms with Crippen LogP contribution in [0.25, 0.3) is 0 Å². The fourth-order valence-corrected chi connectivity index (χ4v) is 3.48. The number of guanidine groups is 1. The molecule has 0 bridgehead atoms. The highest BCUT2D eigenvalue weighted by Gasteiger charge is 2.21. The molecule has 0 atom stereocenters. The fourth-order valence-electron chi connectivity index (χ4n) is 3.48. The molecule has 0 radical (unpaired) electrons. The van der Waals surface area contributed by atoms with Crippen LogP contribution in [0.3, 0.4) is 0 Å². The lowest BCUT2D eigenvalue weighted by Gasteiger charge is -2.34. The topological polar surface area (TPSA) is 68.7 Å². The van der Waals surface area contributed by atoms with Crippen LogP contribution in [-0.4, -0.2) is 73.7 Å². The van der Waals surface area contributed by atoms with Gasteiger partial charge in [0, 0.05) is 70.7 Å². The maximum atomic E-state index is 4.37. The summed E-state index contributed by atoms with van der Waals surface area (Å²) in [7, 11) is 1.82. The van der Waals surface area contributed by atoms with Gasteiger partial charge in [0.15, 0.2) is 5.96 Å². The van der Waals surface area contributed by atoms with Crippen molar-refractivity contribution in [3.63, 3.8) is 0 Å². The van der Waals surface area contributed by atoms with E-state index in [9.17, 15) is 0 Å². The van der Waals surface area contributed by atoms with Crippen molar-refractivity contribution in [1.29, 1.82) is 0 Å². The van der Waals surface area contributed by atoms with Crippen molar-refractivity contribution in [2.45, 2.75) is 19.3 Å². The maximum absolute atomic E-state index is 4.37. The molecular formula is C22H34IN7. The number of aromatic nitrogens is 2. The zero-order valence-electron chi connectivity index (χ0n) is 18.2. The number of nitrogens with one attached hydrogen (secondary N) is 2. The first-order chi connectivity index (χ1) is 14.1. The Morgan fingerprint density at radius 3 is 2.30 bits per heavy atom. The minimum absolute atomic E-state index is 0. The predicted octanol–water partition coefficient (Wildman–Crippen LogP) is 2.36. The van der Waals surface area contributed by atoms with E-state index in [4.69, 9.17) is 0 Å². The standard InChI is InChI=1S/C22H33N7.HI/c1-22(2,19-8-5-4-6-9-19)18-27-20(23-3)24-12-13-28-14-16-29(17-15-28)21-25-10-7-11-26-21;/h4-11H,12-18H2,1-3H3,(H2,23,24,27);1H. The third-order valence-electron chi connectivity index (χ3n) is 5.40. The maximum Gasteiger partial charge on any atom is 0.225 e. The van der Waals surface area contributed by atoms with Gasteiger partial charge in [0.25, 0.3) is 0 Å². The van der Waals surface area contributed by atoms with E-state index in [1.54, 1.807) is 12.4 Å². The highest BCUT2D eigenvalue weighted by Crippen LogP contribution is 2.21. The number of anilines is 1. The number of benzene rings is 1. The molecule has 0 unspecified atom stereocenters. The number of hydrogen-bond donors (Lipinski definition) is 2. The third kappa shape index (κ3) is 7.09. The predicted molar refractivity (Wildman–Crippen MR) is 135 cm³/mol. The molecule has 0 spiro atoms. The Morgan fingerprint density at radius 2 is 1.67 bits per heavy atom. The summed E-state index contributed by atoms with van der Waals surface area (Å²) in [6.45, 7) is 11.1. The zero-order valence-corrected chi connectivity index (χ0v) is 20.5. The molecule has 0 saturated carbocycles. The van der Waals surface area contributed by atoms with E-state index in [0.29, 0.717) is 0 Å². The van der Waals surface area contributed by atoms with Crippen molar-refractivity contribution in [2.75, 3.05) is 57.8 Å². The molecule has 1 aliphatic heterocycles. The molecule has 1 saturated heterocycles. The van der Waals surface area contributed by atoms with E-state index in [-0.39, 0.29) is 29.4 Å². The lowest BCUT2D eigenvalue weighted by Crippen LogP contribution is -2.50. The Morgan fingerprint density at radius 1 is 1.00 bits per heavy atom. The van der Waals surface area contributed by atoms with Crippen LogP contribution in [0.4, 0.5) is 5.95 Å². The van der Waals surface area contributed by atoms with Crippen molar-refractivity contribution in [1.82, 2.24) is 25.5 Å². The molecule has 30 heavy (non-hydrogen) atoms. The summed E-state index contributed by atoms with van der Waals surface area (Å²) in [4.78, 5) is 17.8. The lowest BCUT2D eigenvalue weighted by molar-refractivity contribution is 0.260. The minimum atomic E-state index is 0. The number of halogens is 1. The Bertz CT molecular complexity index is 760. The summed E-state index contributed by atoms with van der Waals surface area (Å²) in [6, 6.07) is 12.4. The first-order valence-corrected chi connectivity index (χ1v) is 10.3. The average Bonchev–Trinajstić information content (AvgIpc) is 2.78. The van der Waals surface area contributed by atoms with Crippen LogP contribution >= 0.6 is 24.0 Å². The molecule has 2 aromatic rings. The molecule has 1 aromatic carbocycles. The van der Waals surface area contributed by atoms with Crippen molar-refractivity contribution in [3.8, 4) is 0 Å². The highest BCUT2D eigenvalue weighted by atomic mass is 127. The normalized spacial score (nSPS) is 15.4. The molecule has 0 aliphatic carbocycles. The molecule has 3 rings (SSSR count). The van der Waals surface area contributed by atoms with Gasteiger partial charge in [-0.25, -0.2) is 9.97 Å². The van der Waals surface area contributed by atoms with E-state index in [1.807, 2.05) is 13.1 Å². The smallest absolute Gasteiger partial charge is 0.225 e. The van der Waals surface area contributed by atoms with Gasteiger partial charge in [-0.1, -0.05) is 44.2 Å². The van der Waals surface area contributed by atoms with Gasteiger partial charge in [-0.15, -0.1) is 24.0 Å². The lowest BCUT2D eigenvalue weighted by atomic mass is 9.85. The number of aliphatic imine (C=N–C) groups is 1. The van der Waals surface area contributed by atoms with E-state index in [2.05, 4.69) is 79.6 Å². The molecule has 1 aliphatic rings. The van der Waals surface area contributed by atoms with Crippen LogP contribution in [-0.2, 0) is 5.41 Å². The molecule has 0 amide bonds. The summed E-state index contributed by atoms with van der Waals surface area (Å²) < 4.78 is 0. The van der Waals surface area contributed by atoms with Crippen molar-refractivity contribution in [3.05, 3.63) is 54.4 Å². The molecule has 2 N–H and O–H groups in total. The Hall–Kier alpha value is -1.94. The van der Waals surface area contributed by atoms with E-state index in [0.717, 1.165) is 57.7 Å². The monoisotopic (exact) mass is 523 g/mol. The first kappa shape index (κ1) is 24.3. The molecule has 1 fully saturated rings. The van der Waals surface area contributed by atoms with Crippen LogP contribution in [0.15, 0.2) is 53.8 Å². The Balaban J connectivity index is 0.00000320. The van der Waals surface area contributed by atoms with Crippen molar-refractivity contribution < 1.29 is 0 Å². The second kappa shape index (κ2) is 12.0. The van der Waals surface area contributed by atoms with Crippen LogP contribution in [0.1, 0.15) is 19.4 Å². The van der Waals surface area contributed by atoms with Gasteiger partial charge in [-0.3, -0.25) is 9.89 Å². The summed E-state index contributed by atoms with van der Waals surface area (Å²) in [5.74, 6) is 1.68. The highest BCUT2D eigenvalue weighted by molar-refractivity contribution is 14.0. The number of nitrogens with zero attached hydrogens (tertiary/aromatic N) is 5. The van der Waals surface area contributed by atoms with Gasteiger partial charge in [-0.2, -0.15) is 0 Å². The van der Waals surface area contributed by atoms with Crippen LogP contribution < -0.4 is 15.5 Å². The third-order valence-corrected chi connectivity index (χ3v) is 5.40. The summed E-state index contributed by atoms with van der Waals surface area (Å²) in [5, 5.41) is 6.91. The molecule has 164 valence electrons. The SMILES string of the molecule is CN=C(NCCN1CCN(c2ncccn2)CC1)NCC(C)(C)c1ccccc1.I. The molecule has 8 heteroatoms. The van der Waals surface area contributed by atoms with E-state index < -0.39 is 0 Å². The van der Waals surface area contributed by atoms with Crippen LogP contribution in [0.5, 0.6) is 0 Å². The second-order valence-electron chi connectivity index (χ2n) is 7.98. The summed E-state index contributed by atoms with van der Waals surface area (Å²) in [5.41, 5.74) is 1.36. The largest absolute Gasteiger partial charge is 0.356 e. The second-order valence-corrected chi connectivity index (χ2v) is 7.98. The first-order valence-electron chi connectivity index (χ1n) is 10.3. The summed E-state index contributed by atoms with van der Waals surface area (Å²) >= 11 is 0. The molecular weight excluding hydrogens is 489 g/mol. The van der Waals surface area contributed by atoms with Gasteiger partial charge < -0.3 is 15.5 Å². The zero-order chi connectivity index (χ0) is 20.5. The number of rotatable bonds is 7. The minimum Gasteiger partial charge on any atom is -0.356 e. The molecule has 7 nitrogen and oxygen atoms in total. The quantitative estimate of drug-likeness (QED) is 0.330. The van der Waals surface area contributed by atoms with Crippen LogP contribution in [0, 0.1) is 0 Å². The molecule has 2 heterocycles. The Labute approximate surface area is 197 Å². The summed E-state index contributed by atoms with van der Waals surface area (Å²) in [6.07, 6.45) is 3.60. The number of hydrogen-bond acceptors (Lipinski definition) is 5. The van der Waals surface area contributed by atoms with Crippen LogP contribution in [0.2, 0.25) is 0 Å². The molecule has 1 aromatic heterocycles. The Kier molecular flexibility index (Phi) is 9.77.